The van der Waals surface area contributed by atoms with Crippen molar-refractivity contribution in [1.82, 2.24) is 0 Å². The average molecular weight is 352 g/mol. The van der Waals surface area contributed by atoms with Crippen LogP contribution in [0, 0.1) is 11.8 Å². The Kier molecular flexibility index (Phi) is 6.61. The van der Waals surface area contributed by atoms with Gasteiger partial charge < -0.3 is 10.2 Å². The van der Waals surface area contributed by atoms with Gasteiger partial charge in [-0.1, -0.05) is 81.4 Å². The first-order valence-corrected chi connectivity index (χ1v) is 10.7. The van der Waals surface area contributed by atoms with Crippen LogP contribution < -0.4 is 16.1 Å². The summed E-state index contributed by atoms with van der Waals surface area (Å²) in [4.78, 5) is 0. The molecule has 2 rings (SSSR count). The molecule has 0 spiro atoms. The molecule has 0 radical (unpaired) electrons. The normalized spacial score (nSPS) is 13.0. The quantitative estimate of drug-likeness (QED) is 0.640. The summed E-state index contributed by atoms with van der Waals surface area (Å²) in [5.41, 5.74) is 6.26. The molecule has 0 aromatic heterocycles. The van der Waals surface area contributed by atoms with Crippen LogP contribution >= 0.6 is 0 Å². The van der Waals surface area contributed by atoms with Gasteiger partial charge >= 0.3 is 0 Å². The molecule has 2 aromatic carbocycles. The van der Waals surface area contributed by atoms with Gasteiger partial charge in [0, 0.05) is 12.5 Å². The molecule has 0 fully saturated rings. The van der Waals surface area contributed by atoms with E-state index in [-0.39, 0.29) is 11.1 Å². The van der Waals surface area contributed by atoms with Crippen molar-refractivity contribution in [1.29, 1.82) is 0 Å². The molecule has 2 aromatic rings. The predicted molar refractivity (Wildman–Crippen MR) is 110 cm³/mol. The summed E-state index contributed by atoms with van der Waals surface area (Å²) >= 11 is 0. The van der Waals surface area contributed by atoms with Crippen LogP contribution in [0.5, 0.6) is 0 Å². The van der Waals surface area contributed by atoms with Crippen LogP contribution in [0.15, 0.2) is 60.7 Å². The van der Waals surface area contributed by atoms with E-state index < -0.39 is 8.32 Å². The van der Waals surface area contributed by atoms with E-state index in [1.165, 1.54) is 10.4 Å². The highest BCUT2D eigenvalue weighted by molar-refractivity contribution is 6.99. The molecule has 132 valence electrons. The highest BCUT2D eigenvalue weighted by Gasteiger charge is 2.50. The number of rotatable bonds is 6. The summed E-state index contributed by atoms with van der Waals surface area (Å²) < 4.78 is 6.77. The van der Waals surface area contributed by atoms with Gasteiger partial charge in [0.1, 0.15) is 0 Å². The number of nitrogens with two attached hydrogens (primary N) is 1. The fourth-order valence-electron chi connectivity index (χ4n) is 3.29. The van der Waals surface area contributed by atoms with Crippen molar-refractivity contribution in [3.63, 3.8) is 0 Å². The van der Waals surface area contributed by atoms with E-state index in [9.17, 15) is 0 Å². The van der Waals surface area contributed by atoms with Crippen molar-refractivity contribution in [2.24, 2.45) is 5.73 Å². The first-order valence-electron chi connectivity index (χ1n) is 8.82. The number of hydrogen-bond acceptors (Lipinski definition) is 2. The molecule has 0 bridgehead atoms. The Balaban J connectivity index is 2.50. The van der Waals surface area contributed by atoms with E-state index in [0.717, 1.165) is 0 Å². The van der Waals surface area contributed by atoms with Gasteiger partial charge in [-0.25, -0.2) is 0 Å². The van der Waals surface area contributed by atoms with Crippen molar-refractivity contribution < 1.29 is 4.43 Å². The van der Waals surface area contributed by atoms with Crippen LogP contribution in [-0.4, -0.2) is 21.0 Å². The zero-order valence-electron chi connectivity index (χ0n) is 15.8. The van der Waals surface area contributed by atoms with Crippen LogP contribution in [0.1, 0.15) is 34.1 Å². The lowest BCUT2D eigenvalue weighted by molar-refractivity contribution is 0.273. The van der Waals surface area contributed by atoms with Crippen LogP contribution in [0.3, 0.4) is 0 Å². The second-order valence-electron chi connectivity index (χ2n) is 7.37. The number of benzene rings is 2. The molecule has 0 saturated carbocycles. The summed E-state index contributed by atoms with van der Waals surface area (Å²) in [5.74, 6) is 5.98. The van der Waals surface area contributed by atoms with E-state index in [1.54, 1.807) is 0 Å². The van der Waals surface area contributed by atoms with Crippen molar-refractivity contribution in [3.8, 4) is 11.8 Å². The lowest BCUT2D eigenvalue weighted by Crippen LogP contribution is -2.67. The predicted octanol–water partition coefficient (Wildman–Crippen LogP) is 3.30. The van der Waals surface area contributed by atoms with Gasteiger partial charge in [0.2, 0.25) is 0 Å². The zero-order chi connectivity index (χ0) is 18.3. The Morgan fingerprint density at radius 3 is 1.84 bits per heavy atom. The lowest BCUT2D eigenvalue weighted by atomic mass is 10.2. The second-order valence-corrected chi connectivity index (χ2v) is 11.7. The summed E-state index contributed by atoms with van der Waals surface area (Å²) in [6, 6.07) is 21.2. The largest absolute Gasteiger partial charge is 0.406 e. The molecular weight excluding hydrogens is 322 g/mol. The average Bonchev–Trinajstić information content (AvgIpc) is 2.61. The minimum atomic E-state index is -2.48. The zero-order valence-corrected chi connectivity index (χ0v) is 16.8. The maximum absolute atomic E-state index is 6.77. The second kappa shape index (κ2) is 8.49. The molecule has 0 heterocycles. The highest BCUT2D eigenvalue weighted by Crippen LogP contribution is 2.36. The lowest BCUT2D eigenvalue weighted by Gasteiger charge is -2.43. The minimum absolute atomic E-state index is 0.0220. The summed E-state index contributed by atoms with van der Waals surface area (Å²) in [7, 11) is -2.48. The molecule has 1 atom stereocenters. The molecule has 2 N–H and O–H groups in total. The molecule has 3 heteroatoms. The molecule has 2 nitrogen and oxygen atoms in total. The molecule has 0 saturated heterocycles. The topological polar surface area (TPSA) is 35.2 Å². The highest BCUT2D eigenvalue weighted by atomic mass is 28.4. The van der Waals surface area contributed by atoms with E-state index in [1.807, 2.05) is 6.92 Å². The Labute approximate surface area is 153 Å². The molecule has 0 amide bonds. The fraction of sp³-hybridized carbons (Fsp3) is 0.364. The maximum Gasteiger partial charge on any atom is 0.261 e. The third-order valence-corrected chi connectivity index (χ3v) is 9.48. The molecule has 0 aliphatic heterocycles. The minimum Gasteiger partial charge on any atom is -0.406 e. The van der Waals surface area contributed by atoms with Gasteiger partial charge in [-0.2, -0.15) is 0 Å². The Bertz CT molecular complexity index is 671. The molecule has 0 aliphatic rings. The Morgan fingerprint density at radius 2 is 1.44 bits per heavy atom. The van der Waals surface area contributed by atoms with Crippen LogP contribution in [-0.2, 0) is 4.43 Å². The van der Waals surface area contributed by atoms with E-state index >= 15 is 0 Å². The Hall–Kier alpha value is -1.86. The smallest absolute Gasteiger partial charge is 0.261 e. The SMILES string of the molecule is CC#CCC(N)CO[Si](c1ccccc1)(c1ccccc1)C(C)(C)C. The molecule has 0 aliphatic carbocycles. The van der Waals surface area contributed by atoms with Gasteiger partial charge in [0.25, 0.3) is 8.32 Å². The van der Waals surface area contributed by atoms with Crippen molar-refractivity contribution >= 4 is 18.7 Å². The van der Waals surface area contributed by atoms with Gasteiger partial charge in [0.15, 0.2) is 0 Å². The van der Waals surface area contributed by atoms with Gasteiger partial charge in [-0.05, 0) is 22.3 Å². The molecular formula is C22H29NOSi. The summed E-state index contributed by atoms with van der Waals surface area (Å²) in [6.07, 6.45) is 0.661. The fourth-order valence-corrected chi connectivity index (χ4v) is 7.91. The van der Waals surface area contributed by atoms with Gasteiger partial charge in [0.05, 0.1) is 6.61 Å². The van der Waals surface area contributed by atoms with Crippen molar-refractivity contribution in [2.75, 3.05) is 6.61 Å². The maximum atomic E-state index is 6.77. The summed E-state index contributed by atoms with van der Waals surface area (Å²) in [5, 5.41) is 2.54. The van der Waals surface area contributed by atoms with Gasteiger partial charge in [-0.3, -0.25) is 0 Å². The van der Waals surface area contributed by atoms with E-state index in [4.69, 9.17) is 10.2 Å². The summed E-state index contributed by atoms with van der Waals surface area (Å²) in [6.45, 7) is 9.18. The first kappa shape index (κ1) is 19.5. The third kappa shape index (κ3) is 4.41. The molecule has 1 unspecified atom stereocenters. The Morgan fingerprint density at radius 1 is 0.960 bits per heavy atom. The standard InChI is InChI=1S/C22H29NOSi/c1-5-6-13-19(23)18-24-25(22(2,3)4,20-14-9-7-10-15-20)21-16-11-8-12-17-21/h7-12,14-17,19H,13,18,23H2,1-4H3. The van der Waals surface area contributed by atoms with E-state index in [2.05, 4.69) is 93.3 Å². The van der Waals surface area contributed by atoms with Gasteiger partial charge in [-0.15, -0.1) is 11.8 Å². The van der Waals surface area contributed by atoms with E-state index in [0.29, 0.717) is 13.0 Å². The third-order valence-electron chi connectivity index (χ3n) is 4.47. The van der Waals surface area contributed by atoms with Crippen LogP contribution in [0.2, 0.25) is 5.04 Å². The monoisotopic (exact) mass is 351 g/mol. The van der Waals surface area contributed by atoms with Crippen LogP contribution in [0.4, 0.5) is 0 Å². The van der Waals surface area contributed by atoms with Crippen molar-refractivity contribution in [2.45, 2.75) is 45.2 Å². The molecule has 25 heavy (non-hydrogen) atoms. The number of hydrogen-bond donors (Lipinski definition) is 1. The first-order chi connectivity index (χ1) is 11.9. The van der Waals surface area contributed by atoms with Crippen molar-refractivity contribution in [3.05, 3.63) is 60.7 Å². The van der Waals surface area contributed by atoms with Crippen LogP contribution in [0.25, 0.3) is 0 Å².